The monoisotopic (exact) mass is 340 g/mol. The molecule has 1 aromatic carbocycles. The van der Waals surface area contributed by atoms with Crippen LogP contribution in [0.15, 0.2) is 24.3 Å². The molecular weight excluding hydrogens is 320 g/mol. The fourth-order valence-corrected chi connectivity index (χ4v) is 2.13. The van der Waals surface area contributed by atoms with Crippen LogP contribution in [0.2, 0.25) is 0 Å². The molecule has 1 heterocycles. The second kappa shape index (κ2) is 7.05. The largest absolute Gasteiger partial charge is 0.484 e. The number of ether oxygens (including phenoxy) is 1. The number of carbonyl (C=O) groups is 1. The summed E-state index contributed by atoms with van der Waals surface area (Å²) in [6, 6.07) is 8.74. The number of nitrogen functional groups attached to an aromatic ring is 2. The average Bonchev–Trinajstić information content (AvgIpc) is 2.51. The van der Waals surface area contributed by atoms with E-state index in [0.29, 0.717) is 17.0 Å². The van der Waals surface area contributed by atoms with Gasteiger partial charge >= 0.3 is 0 Å². The minimum Gasteiger partial charge on any atom is -0.484 e. The second-order valence-electron chi connectivity index (χ2n) is 6.41. The molecular formula is C17H20N6O2. The summed E-state index contributed by atoms with van der Waals surface area (Å²) in [5.74, 6) is 0.330. The Morgan fingerprint density at radius 2 is 1.88 bits per heavy atom. The van der Waals surface area contributed by atoms with Crippen LogP contribution in [0.3, 0.4) is 0 Å². The summed E-state index contributed by atoms with van der Waals surface area (Å²) in [6.07, 6.45) is 0. The van der Waals surface area contributed by atoms with Gasteiger partial charge in [0.05, 0.1) is 5.69 Å². The molecule has 0 saturated heterocycles. The molecule has 0 fully saturated rings. The highest BCUT2D eigenvalue weighted by atomic mass is 16.5. The normalized spacial score (nSPS) is 10.8. The van der Waals surface area contributed by atoms with Crippen molar-refractivity contribution in [2.75, 3.05) is 18.1 Å². The van der Waals surface area contributed by atoms with Gasteiger partial charge in [0.15, 0.2) is 6.61 Å². The van der Waals surface area contributed by atoms with Gasteiger partial charge in [0.1, 0.15) is 23.2 Å². The molecule has 0 aliphatic rings. The van der Waals surface area contributed by atoms with Gasteiger partial charge in [-0.1, -0.05) is 0 Å². The van der Waals surface area contributed by atoms with Crippen molar-refractivity contribution in [3.63, 3.8) is 0 Å². The average molecular weight is 340 g/mol. The Labute approximate surface area is 145 Å². The van der Waals surface area contributed by atoms with Crippen LogP contribution < -0.4 is 21.5 Å². The van der Waals surface area contributed by atoms with E-state index in [2.05, 4.69) is 15.3 Å². The number of nitrogens with one attached hydrogen (secondary N) is 1. The van der Waals surface area contributed by atoms with Gasteiger partial charge in [-0.25, -0.2) is 4.98 Å². The first-order valence-corrected chi connectivity index (χ1v) is 7.57. The standard InChI is InChI=1S/C17H20N6O2/c1-17(2,3)23-13(24)9-25-11-6-4-10(5-7-11)14-12(8-18)15(19)22-16(20)21-14/h4-7H,9H2,1-3H3,(H,23,24)(H4,19,20,21,22). The first kappa shape index (κ1) is 18.0. The number of amides is 1. The molecule has 2 aromatic rings. The van der Waals surface area contributed by atoms with Gasteiger partial charge in [-0.15, -0.1) is 0 Å². The van der Waals surface area contributed by atoms with Gasteiger partial charge in [0, 0.05) is 11.1 Å². The molecule has 0 spiro atoms. The Bertz CT molecular complexity index is 819. The summed E-state index contributed by atoms with van der Waals surface area (Å²) in [5.41, 5.74) is 12.1. The van der Waals surface area contributed by atoms with Crippen LogP contribution >= 0.6 is 0 Å². The molecule has 1 aromatic heterocycles. The van der Waals surface area contributed by atoms with Gasteiger partial charge in [-0.2, -0.15) is 10.2 Å². The number of nitriles is 1. The van der Waals surface area contributed by atoms with Crippen LogP contribution in [0, 0.1) is 11.3 Å². The molecule has 130 valence electrons. The summed E-state index contributed by atoms with van der Waals surface area (Å²) in [7, 11) is 0. The molecule has 0 atom stereocenters. The van der Waals surface area contributed by atoms with Crippen LogP contribution in [0.4, 0.5) is 11.8 Å². The van der Waals surface area contributed by atoms with Gasteiger partial charge in [-0.05, 0) is 45.0 Å². The number of rotatable bonds is 4. The van der Waals surface area contributed by atoms with E-state index in [1.165, 1.54) is 0 Å². The maximum Gasteiger partial charge on any atom is 0.258 e. The Morgan fingerprint density at radius 3 is 2.44 bits per heavy atom. The van der Waals surface area contributed by atoms with Crippen molar-refractivity contribution in [3.05, 3.63) is 29.8 Å². The number of benzene rings is 1. The van der Waals surface area contributed by atoms with Crippen molar-refractivity contribution in [2.45, 2.75) is 26.3 Å². The Kier molecular flexibility index (Phi) is 5.08. The summed E-state index contributed by atoms with van der Waals surface area (Å²) < 4.78 is 5.45. The van der Waals surface area contributed by atoms with Crippen molar-refractivity contribution in [2.24, 2.45) is 0 Å². The highest BCUT2D eigenvalue weighted by Gasteiger charge is 2.15. The lowest BCUT2D eigenvalue weighted by atomic mass is 10.1. The first-order chi connectivity index (χ1) is 11.7. The van der Waals surface area contributed by atoms with E-state index in [4.69, 9.17) is 16.2 Å². The number of nitrogens with two attached hydrogens (primary N) is 2. The second-order valence-corrected chi connectivity index (χ2v) is 6.41. The number of nitrogens with zero attached hydrogens (tertiary/aromatic N) is 3. The maximum atomic E-state index is 11.8. The molecule has 0 unspecified atom stereocenters. The molecule has 1 amide bonds. The van der Waals surface area contributed by atoms with E-state index < -0.39 is 0 Å². The molecule has 0 bridgehead atoms. The molecule has 25 heavy (non-hydrogen) atoms. The predicted octanol–water partition coefficient (Wildman–Crippen LogP) is 1.47. The van der Waals surface area contributed by atoms with Crippen molar-refractivity contribution in [1.29, 1.82) is 5.26 Å². The van der Waals surface area contributed by atoms with Crippen molar-refractivity contribution >= 4 is 17.7 Å². The minimum absolute atomic E-state index is 0.00863. The quantitative estimate of drug-likeness (QED) is 0.765. The highest BCUT2D eigenvalue weighted by molar-refractivity contribution is 5.78. The summed E-state index contributed by atoms with van der Waals surface area (Å²) in [6.45, 7) is 5.59. The van der Waals surface area contributed by atoms with Gasteiger partial charge in [-0.3, -0.25) is 4.79 Å². The number of aromatic nitrogens is 2. The third-order valence-corrected chi connectivity index (χ3v) is 3.08. The predicted molar refractivity (Wildman–Crippen MR) is 94.4 cm³/mol. The Hall–Kier alpha value is -3.34. The van der Waals surface area contributed by atoms with Crippen molar-refractivity contribution in [3.8, 4) is 23.1 Å². The van der Waals surface area contributed by atoms with Gasteiger partial charge in [0.25, 0.3) is 5.91 Å². The molecule has 2 rings (SSSR count). The third-order valence-electron chi connectivity index (χ3n) is 3.08. The number of hydrogen-bond acceptors (Lipinski definition) is 7. The van der Waals surface area contributed by atoms with E-state index in [1.54, 1.807) is 24.3 Å². The molecule has 0 radical (unpaired) electrons. The fraction of sp³-hybridized carbons (Fsp3) is 0.294. The highest BCUT2D eigenvalue weighted by Crippen LogP contribution is 2.26. The smallest absolute Gasteiger partial charge is 0.258 e. The lowest BCUT2D eigenvalue weighted by molar-refractivity contribution is -0.124. The lowest BCUT2D eigenvalue weighted by Gasteiger charge is -2.20. The van der Waals surface area contributed by atoms with Crippen molar-refractivity contribution < 1.29 is 9.53 Å². The molecule has 0 aliphatic heterocycles. The van der Waals surface area contributed by atoms with Crippen LogP contribution in [-0.2, 0) is 4.79 Å². The van der Waals surface area contributed by atoms with Crippen LogP contribution in [0.1, 0.15) is 26.3 Å². The third kappa shape index (κ3) is 4.81. The van der Waals surface area contributed by atoms with Crippen LogP contribution in [0.5, 0.6) is 5.75 Å². The molecule has 5 N–H and O–H groups in total. The zero-order chi connectivity index (χ0) is 18.6. The van der Waals surface area contributed by atoms with Crippen molar-refractivity contribution in [1.82, 2.24) is 15.3 Å². The van der Waals surface area contributed by atoms with E-state index in [9.17, 15) is 10.1 Å². The number of carbonyl (C=O) groups excluding carboxylic acids is 1. The topological polar surface area (TPSA) is 140 Å². The summed E-state index contributed by atoms with van der Waals surface area (Å²) in [4.78, 5) is 19.6. The van der Waals surface area contributed by atoms with Crippen LogP contribution in [-0.4, -0.2) is 28.0 Å². The van der Waals surface area contributed by atoms with E-state index >= 15 is 0 Å². The van der Waals surface area contributed by atoms with E-state index in [1.807, 2.05) is 26.8 Å². The SMILES string of the molecule is CC(C)(C)NC(=O)COc1ccc(-c2nc(N)nc(N)c2C#N)cc1. The Balaban J connectivity index is 2.14. The van der Waals surface area contributed by atoms with E-state index in [0.717, 1.165) is 0 Å². The zero-order valence-corrected chi connectivity index (χ0v) is 14.3. The van der Waals surface area contributed by atoms with Gasteiger partial charge in [0.2, 0.25) is 5.95 Å². The molecule has 0 saturated carbocycles. The lowest BCUT2D eigenvalue weighted by Crippen LogP contribution is -2.43. The molecule has 8 heteroatoms. The summed E-state index contributed by atoms with van der Waals surface area (Å²) >= 11 is 0. The minimum atomic E-state index is -0.315. The summed E-state index contributed by atoms with van der Waals surface area (Å²) in [5, 5.41) is 12.0. The maximum absolute atomic E-state index is 11.8. The van der Waals surface area contributed by atoms with Crippen LogP contribution in [0.25, 0.3) is 11.3 Å². The first-order valence-electron chi connectivity index (χ1n) is 7.57. The fourth-order valence-electron chi connectivity index (χ4n) is 2.13. The van der Waals surface area contributed by atoms with Gasteiger partial charge < -0.3 is 21.5 Å². The number of hydrogen-bond donors (Lipinski definition) is 3. The molecule has 0 aliphatic carbocycles. The van der Waals surface area contributed by atoms with E-state index in [-0.39, 0.29) is 35.4 Å². The Morgan fingerprint density at radius 1 is 1.24 bits per heavy atom. The zero-order valence-electron chi connectivity index (χ0n) is 14.3. The molecule has 8 nitrogen and oxygen atoms in total. The number of anilines is 2.